The Morgan fingerprint density at radius 1 is 0.917 bits per heavy atom. The molecule has 0 saturated heterocycles. The largest absolute Gasteiger partial charge is 0.387 e. The third-order valence-corrected chi connectivity index (χ3v) is 3.25. The third kappa shape index (κ3) is 7.98. The van der Waals surface area contributed by atoms with Crippen molar-refractivity contribution < 1.29 is 0 Å². The van der Waals surface area contributed by atoms with Crippen molar-refractivity contribution in [3.05, 3.63) is 65.2 Å². The van der Waals surface area contributed by atoms with Crippen molar-refractivity contribution in [3.63, 3.8) is 0 Å². The molecule has 0 aliphatic carbocycles. The van der Waals surface area contributed by atoms with Crippen LogP contribution >= 0.6 is 0 Å². The minimum Gasteiger partial charge on any atom is -0.387 e. The zero-order chi connectivity index (χ0) is 17.9. The number of hydrogen-bond acceptors (Lipinski definition) is 2. The van der Waals surface area contributed by atoms with Crippen molar-refractivity contribution in [1.29, 1.82) is 5.41 Å². The Morgan fingerprint density at radius 2 is 1.46 bits per heavy atom. The van der Waals surface area contributed by atoms with Crippen molar-refractivity contribution >= 4 is 17.5 Å². The van der Waals surface area contributed by atoms with E-state index in [0.29, 0.717) is 6.42 Å². The predicted octanol–water partition coefficient (Wildman–Crippen LogP) is 3.02. The van der Waals surface area contributed by atoms with Crippen LogP contribution in [0, 0.1) is 12.3 Å². The molecule has 0 aromatic heterocycles. The SMILES string of the molecule is CCCc1ccc(CC(=N)N)cc1.Cc1ccc(N=C(N)N)cc1. The average Bonchev–Trinajstić information content (AvgIpc) is 2.52. The van der Waals surface area contributed by atoms with Gasteiger partial charge in [0, 0.05) is 6.42 Å². The Labute approximate surface area is 144 Å². The number of nitrogens with one attached hydrogen (secondary N) is 1. The lowest BCUT2D eigenvalue weighted by Gasteiger charge is -2.01. The summed E-state index contributed by atoms with van der Waals surface area (Å²) in [6.07, 6.45) is 2.86. The first kappa shape index (κ1) is 19.2. The number of hydrogen-bond donors (Lipinski definition) is 4. The van der Waals surface area contributed by atoms with Gasteiger partial charge in [0.05, 0.1) is 11.5 Å². The number of aryl methyl sites for hydroxylation is 2. The van der Waals surface area contributed by atoms with Gasteiger partial charge >= 0.3 is 0 Å². The topological polar surface area (TPSA) is 114 Å². The monoisotopic (exact) mass is 325 g/mol. The predicted molar refractivity (Wildman–Crippen MR) is 103 cm³/mol. The highest BCUT2D eigenvalue weighted by Gasteiger charge is 1.95. The number of nitrogens with zero attached hydrogens (tertiary/aromatic N) is 1. The normalized spacial score (nSPS) is 9.58. The lowest BCUT2D eigenvalue weighted by Crippen LogP contribution is -2.21. The van der Waals surface area contributed by atoms with Crippen LogP contribution in [0.25, 0.3) is 0 Å². The quantitative estimate of drug-likeness (QED) is 0.500. The highest BCUT2D eigenvalue weighted by Crippen LogP contribution is 2.11. The van der Waals surface area contributed by atoms with E-state index in [9.17, 15) is 0 Å². The molecular weight excluding hydrogens is 298 g/mol. The molecule has 0 aliphatic rings. The van der Waals surface area contributed by atoms with Crippen molar-refractivity contribution in [3.8, 4) is 0 Å². The van der Waals surface area contributed by atoms with Crippen LogP contribution in [0.5, 0.6) is 0 Å². The summed E-state index contributed by atoms with van der Waals surface area (Å²) in [5, 5.41) is 7.14. The number of nitrogens with two attached hydrogens (primary N) is 3. The summed E-state index contributed by atoms with van der Waals surface area (Å²) in [7, 11) is 0. The summed E-state index contributed by atoms with van der Waals surface area (Å²) in [6, 6.07) is 16.0. The Kier molecular flexibility index (Phi) is 8.05. The zero-order valence-electron chi connectivity index (χ0n) is 14.4. The maximum atomic E-state index is 7.14. The highest BCUT2D eigenvalue weighted by molar-refractivity contribution is 5.79. The molecule has 0 unspecified atom stereocenters. The Morgan fingerprint density at radius 3 is 1.92 bits per heavy atom. The van der Waals surface area contributed by atoms with Crippen molar-refractivity contribution in [1.82, 2.24) is 0 Å². The number of benzene rings is 2. The van der Waals surface area contributed by atoms with Gasteiger partial charge in [0.1, 0.15) is 0 Å². The van der Waals surface area contributed by atoms with E-state index in [1.54, 1.807) is 0 Å². The molecule has 2 rings (SSSR count). The molecule has 0 atom stereocenters. The molecule has 0 spiro atoms. The molecular formula is C19H27N5. The van der Waals surface area contributed by atoms with Gasteiger partial charge in [-0.3, -0.25) is 5.41 Å². The molecule has 24 heavy (non-hydrogen) atoms. The summed E-state index contributed by atoms with van der Waals surface area (Å²) >= 11 is 0. The molecule has 128 valence electrons. The van der Waals surface area contributed by atoms with Gasteiger partial charge < -0.3 is 17.2 Å². The third-order valence-electron chi connectivity index (χ3n) is 3.25. The Bertz CT molecular complexity index is 653. The summed E-state index contributed by atoms with van der Waals surface area (Å²) in [5.74, 6) is 0.317. The number of aliphatic imine (C=N–C) groups is 1. The van der Waals surface area contributed by atoms with Gasteiger partial charge in [0.15, 0.2) is 5.96 Å². The van der Waals surface area contributed by atoms with E-state index in [4.69, 9.17) is 22.6 Å². The summed E-state index contributed by atoms with van der Waals surface area (Å²) in [4.78, 5) is 3.87. The molecule has 0 saturated carbocycles. The second-order valence-electron chi connectivity index (χ2n) is 5.64. The van der Waals surface area contributed by atoms with E-state index in [-0.39, 0.29) is 11.8 Å². The van der Waals surface area contributed by atoms with Crippen molar-refractivity contribution in [2.75, 3.05) is 0 Å². The first-order chi connectivity index (χ1) is 11.4. The molecule has 2 aromatic carbocycles. The van der Waals surface area contributed by atoms with Crippen molar-refractivity contribution in [2.24, 2.45) is 22.2 Å². The Hall–Kier alpha value is -2.82. The minimum absolute atomic E-state index is 0.0915. The van der Waals surface area contributed by atoms with Crippen LogP contribution in [0.1, 0.15) is 30.0 Å². The average molecular weight is 325 g/mol. The smallest absolute Gasteiger partial charge is 0.191 e. The van der Waals surface area contributed by atoms with E-state index >= 15 is 0 Å². The van der Waals surface area contributed by atoms with E-state index in [2.05, 4.69) is 24.0 Å². The highest BCUT2D eigenvalue weighted by atomic mass is 15.0. The van der Waals surface area contributed by atoms with Gasteiger partial charge in [-0.25, -0.2) is 4.99 Å². The van der Waals surface area contributed by atoms with Gasteiger partial charge in [0.25, 0.3) is 0 Å². The van der Waals surface area contributed by atoms with Crippen LogP contribution in [0.4, 0.5) is 5.69 Å². The van der Waals surface area contributed by atoms with Crippen LogP contribution < -0.4 is 17.2 Å². The van der Waals surface area contributed by atoms with Gasteiger partial charge in [0.2, 0.25) is 0 Å². The van der Waals surface area contributed by atoms with Crippen LogP contribution in [0.3, 0.4) is 0 Å². The van der Waals surface area contributed by atoms with E-state index in [1.165, 1.54) is 17.5 Å². The molecule has 5 nitrogen and oxygen atoms in total. The molecule has 2 aromatic rings. The van der Waals surface area contributed by atoms with Gasteiger partial charge in [-0.15, -0.1) is 0 Å². The fourth-order valence-corrected chi connectivity index (χ4v) is 2.10. The van der Waals surface area contributed by atoms with Gasteiger partial charge in [-0.2, -0.15) is 0 Å². The minimum atomic E-state index is 0.0915. The van der Waals surface area contributed by atoms with Crippen LogP contribution in [-0.2, 0) is 12.8 Å². The summed E-state index contributed by atoms with van der Waals surface area (Å²) in [6.45, 7) is 4.18. The summed E-state index contributed by atoms with van der Waals surface area (Å²) < 4.78 is 0. The first-order valence-corrected chi connectivity index (χ1v) is 7.97. The number of guanidine groups is 1. The second-order valence-corrected chi connectivity index (χ2v) is 5.64. The fraction of sp³-hybridized carbons (Fsp3) is 0.263. The first-order valence-electron chi connectivity index (χ1n) is 7.97. The van der Waals surface area contributed by atoms with Crippen LogP contribution in [0.15, 0.2) is 53.5 Å². The molecule has 0 amide bonds. The van der Waals surface area contributed by atoms with E-state index in [1.807, 2.05) is 43.3 Å². The Balaban J connectivity index is 0.000000243. The lowest BCUT2D eigenvalue weighted by atomic mass is 10.1. The van der Waals surface area contributed by atoms with E-state index < -0.39 is 0 Å². The van der Waals surface area contributed by atoms with Crippen LogP contribution in [0.2, 0.25) is 0 Å². The fourth-order valence-electron chi connectivity index (χ4n) is 2.10. The number of amidine groups is 1. The molecule has 0 radical (unpaired) electrons. The molecule has 0 fully saturated rings. The van der Waals surface area contributed by atoms with Crippen LogP contribution in [-0.4, -0.2) is 11.8 Å². The molecule has 5 heteroatoms. The van der Waals surface area contributed by atoms with Gasteiger partial charge in [-0.05, 0) is 36.6 Å². The maximum absolute atomic E-state index is 7.14. The van der Waals surface area contributed by atoms with Crippen molar-refractivity contribution in [2.45, 2.75) is 33.1 Å². The molecule has 0 heterocycles. The molecule has 7 N–H and O–H groups in total. The van der Waals surface area contributed by atoms with Gasteiger partial charge in [-0.1, -0.05) is 55.3 Å². The number of rotatable bonds is 5. The zero-order valence-corrected chi connectivity index (χ0v) is 14.4. The lowest BCUT2D eigenvalue weighted by molar-refractivity contribution is 0.921. The standard InChI is InChI=1S/C11H16N2.C8H11N3/c1-2-3-9-4-6-10(7-5-9)8-11(12)13;1-6-2-4-7(5-3-6)11-8(9)10/h4-7H,2-3,8H2,1H3,(H3,12,13);2-5H,1H3,(H4,9,10,11). The maximum Gasteiger partial charge on any atom is 0.191 e. The molecule has 0 aliphatic heterocycles. The summed E-state index contributed by atoms with van der Waals surface area (Å²) in [5.41, 5.74) is 20.1. The second kappa shape index (κ2) is 10.0. The van der Waals surface area contributed by atoms with E-state index in [0.717, 1.165) is 17.7 Å². The molecule has 0 bridgehead atoms.